The van der Waals surface area contributed by atoms with Crippen molar-refractivity contribution >= 4 is 11.3 Å². The molecule has 0 aliphatic carbocycles. The molecular formula is C14H22N2OS. The number of aromatic nitrogens is 1. The third-order valence-corrected chi connectivity index (χ3v) is 5.27. The number of nitrogens with zero attached hydrogens (tertiary/aromatic N) is 2. The standard InChI is InChI=1S/C14H22N2OS/c1-11-10-18-14(15-11)12-3-2-6-16(9-12)13-4-7-17-8-5-13/h10,12-13H,2-9H2,1H3/t12-/m1/s1. The third-order valence-electron chi connectivity index (χ3n) is 4.15. The van der Waals surface area contributed by atoms with Gasteiger partial charge in [-0.1, -0.05) is 0 Å². The third kappa shape index (κ3) is 2.76. The Morgan fingerprint density at radius 3 is 2.89 bits per heavy atom. The van der Waals surface area contributed by atoms with E-state index >= 15 is 0 Å². The van der Waals surface area contributed by atoms with Gasteiger partial charge in [0.15, 0.2) is 0 Å². The van der Waals surface area contributed by atoms with Gasteiger partial charge in [0.1, 0.15) is 0 Å². The number of rotatable bonds is 2. The molecule has 1 aromatic heterocycles. The number of piperidine rings is 1. The summed E-state index contributed by atoms with van der Waals surface area (Å²) < 4.78 is 5.47. The number of thiazole rings is 1. The van der Waals surface area contributed by atoms with Gasteiger partial charge in [-0.15, -0.1) is 11.3 Å². The predicted molar refractivity (Wildman–Crippen MR) is 74.2 cm³/mol. The molecule has 2 fully saturated rings. The molecule has 3 nitrogen and oxygen atoms in total. The molecule has 4 heteroatoms. The lowest BCUT2D eigenvalue weighted by Crippen LogP contribution is -2.44. The van der Waals surface area contributed by atoms with Gasteiger partial charge in [-0.05, 0) is 39.2 Å². The minimum atomic E-state index is 0.667. The average Bonchev–Trinajstić information content (AvgIpc) is 2.87. The van der Waals surface area contributed by atoms with Crippen LogP contribution in [0, 0.1) is 6.92 Å². The molecule has 0 N–H and O–H groups in total. The Hall–Kier alpha value is -0.450. The molecule has 0 aromatic carbocycles. The predicted octanol–water partition coefficient (Wildman–Crippen LogP) is 2.81. The first kappa shape index (κ1) is 12.6. The van der Waals surface area contributed by atoms with Crippen molar-refractivity contribution in [3.8, 4) is 0 Å². The summed E-state index contributed by atoms with van der Waals surface area (Å²) in [4.78, 5) is 7.37. The second-order valence-corrected chi connectivity index (χ2v) is 6.39. The van der Waals surface area contributed by atoms with Gasteiger partial charge in [0.2, 0.25) is 0 Å². The number of likely N-dealkylation sites (tertiary alicyclic amines) is 1. The molecule has 3 rings (SSSR count). The quantitative estimate of drug-likeness (QED) is 0.823. The van der Waals surface area contributed by atoms with Crippen LogP contribution in [0.3, 0.4) is 0 Å². The van der Waals surface area contributed by atoms with E-state index in [0.29, 0.717) is 5.92 Å². The molecular weight excluding hydrogens is 244 g/mol. The summed E-state index contributed by atoms with van der Waals surface area (Å²) in [7, 11) is 0. The van der Waals surface area contributed by atoms with Gasteiger partial charge in [0.25, 0.3) is 0 Å². The molecule has 1 atom stereocenters. The molecule has 3 heterocycles. The topological polar surface area (TPSA) is 25.4 Å². The van der Waals surface area contributed by atoms with Crippen LogP contribution in [0.4, 0.5) is 0 Å². The van der Waals surface area contributed by atoms with Gasteiger partial charge < -0.3 is 4.74 Å². The molecule has 0 saturated carbocycles. The zero-order valence-corrected chi connectivity index (χ0v) is 11.9. The van der Waals surface area contributed by atoms with Crippen LogP contribution in [-0.2, 0) is 4.74 Å². The fourth-order valence-electron chi connectivity index (χ4n) is 3.15. The Kier molecular flexibility index (Phi) is 3.97. The highest BCUT2D eigenvalue weighted by atomic mass is 32.1. The van der Waals surface area contributed by atoms with E-state index in [1.54, 1.807) is 0 Å². The molecule has 0 bridgehead atoms. The lowest BCUT2D eigenvalue weighted by molar-refractivity contribution is 0.0240. The van der Waals surface area contributed by atoms with Crippen molar-refractivity contribution in [3.63, 3.8) is 0 Å². The molecule has 18 heavy (non-hydrogen) atoms. The fourth-order valence-corrected chi connectivity index (χ4v) is 4.08. The summed E-state index contributed by atoms with van der Waals surface area (Å²) in [5, 5.41) is 3.53. The Morgan fingerprint density at radius 1 is 1.33 bits per heavy atom. The molecule has 0 spiro atoms. The Balaban J connectivity index is 1.64. The van der Waals surface area contributed by atoms with Gasteiger partial charge in [0.05, 0.1) is 5.01 Å². The maximum Gasteiger partial charge on any atom is 0.0971 e. The first-order valence-electron chi connectivity index (χ1n) is 7.07. The largest absolute Gasteiger partial charge is 0.381 e. The van der Waals surface area contributed by atoms with Crippen LogP contribution in [0.1, 0.15) is 42.3 Å². The Bertz CT molecular complexity index is 387. The lowest BCUT2D eigenvalue weighted by atomic mass is 9.95. The van der Waals surface area contributed by atoms with Gasteiger partial charge in [-0.25, -0.2) is 4.98 Å². The van der Waals surface area contributed by atoms with Crippen LogP contribution < -0.4 is 0 Å². The zero-order valence-electron chi connectivity index (χ0n) is 11.1. The smallest absolute Gasteiger partial charge is 0.0971 e. The van der Waals surface area contributed by atoms with E-state index in [9.17, 15) is 0 Å². The number of aryl methyl sites for hydroxylation is 1. The van der Waals surface area contributed by atoms with Crippen LogP contribution in [0.15, 0.2) is 5.38 Å². The van der Waals surface area contributed by atoms with Crippen LogP contribution in [0.2, 0.25) is 0 Å². The maximum absolute atomic E-state index is 5.47. The van der Waals surface area contributed by atoms with Gasteiger partial charge in [-0.2, -0.15) is 0 Å². The average molecular weight is 266 g/mol. The van der Waals surface area contributed by atoms with E-state index in [1.807, 2.05) is 11.3 Å². The number of hydrogen-bond acceptors (Lipinski definition) is 4. The molecule has 100 valence electrons. The molecule has 0 amide bonds. The van der Waals surface area contributed by atoms with Gasteiger partial charge in [-0.3, -0.25) is 4.90 Å². The van der Waals surface area contributed by atoms with E-state index in [1.165, 1.54) is 49.5 Å². The SMILES string of the molecule is Cc1csc([C@@H]2CCCN(C3CCOCC3)C2)n1. The van der Waals surface area contributed by atoms with E-state index in [2.05, 4.69) is 22.2 Å². The van der Waals surface area contributed by atoms with Crippen molar-refractivity contribution in [2.24, 2.45) is 0 Å². The van der Waals surface area contributed by atoms with Crippen molar-refractivity contribution in [1.82, 2.24) is 9.88 Å². The highest BCUT2D eigenvalue weighted by molar-refractivity contribution is 7.09. The van der Waals surface area contributed by atoms with Crippen LogP contribution in [0.5, 0.6) is 0 Å². The first-order valence-corrected chi connectivity index (χ1v) is 7.95. The van der Waals surface area contributed by atoms with E-state index in [4.69, 9.17) is 4.74 Å². The molecule has 2 aliphatic heterocycles. The lowest BCUT2D eigenvalue weighted by Gasteiger charge is -2.39. The first-order chi connectivity index (χ1) is 8.83. The molecule has 0 radical (unpaired) electrons. The minimum absolute atomic E-state index is 0.667. The zero-order chi connectivity index (χ0) is 12.4. The summed E-state index contributed by atoms with van der Waals surface area (Å²) in [5.74, 6) is 0.667. The van der Waals surface area contributed by atoms with Gasteiger partial charge in [0, 0.05) is 42.8 Å². The number of hydrogen-bond donors (Lipinski definition) is 0. The summed E-state index contributed by atoms with van der Waals surface area (Å²) >= 11 is 1.84. The monoisotopic (exact) mass is 266 g/mol. The van der Waals surface area contributed by atoms with Crippen molar-refractivity contribution < 1.29 is 4.74 Å². The van der Waals surface area contributed by atoms with Crippen molar-refractivity contribution in [2.75, 3.05) is 26.3 Å². The van der Waals surface area contributed by atoms with Crippen LogP contribution in [-0.4, -0.2) is 42.2 Å². The Morgan fingerprint density at radius 2 is 2.17 bits per heavy atom. The highest BCUT2D eigenvalue weighted by Crippen LogP contribution is 2.31. The molecule has 2 aliphatic rings. The second-order valence-electron chi connectivity index (χ2n) is 5.50. The fraction of sp³-hybridized carbons (Fsp3) is 0.786. The molecule has 0 unspecified atom stereocenters. The van der Waals surface area contributed by atoms with Crippen LogP contribution >= 0.6 is 11.3 Å². The Labute approximate surface area is 113 Å². The van der Waals surface area contributed by atoms with E-state index < -0.39 is 0 Å². The number of ether oxygens (including phenoxy) is 1. The van der Waals surface area contributed by atoms with E-state index in [0.717, 1.165) is 19.3 Å². The maximum atomic E-state index is 5.47. The van der Waals surface area contributed by atoms with Crippen molar-refractivity contribution in [3.05, 3.63) is 16.1 Å². The normalized spacial score (nSPS) is 27.5. The van der Waals surface area contributed by atoms with Gasteiger partial charge >= 0.3 is 0 Å². The van der Waals surface area contributed by atoms with Crippen LogP contribution in [0.25, 0.3) is 0 Å². The second kappa shape index (κ2) is 5.68. The summed E-state index contributed by atoms with van der Waals surface area (Å²) in [5.41, 5.74) is 1.18. The van der Waals surface area contributed by atoms with E-state index in [-0.39, 0.29) is 0 Å². The summed E-state index contributed by atoms with van der Waals surface area (Å²) in [6, 6.07) is 0.752. The minimum Gasteiger partial charge on any atom is -0.381 e. The van der Waals surface area contributed by atoms with Crippen molar-refractivity contribution in [2.45, 2.75) is 44.6 Å². The summed E-state index contributed by atoms with van der Waals surface area (Å²) in [6.45, 7) is 6.46. The summed E-state index contributed by atoms with van der Waals surface area (Å²) in [6.07, 6.45) is 5.06. The molecule has 1 aromatic rings. The van der Waals surface area contributed by atoms with Crippen molar-refractivity contribution in [1.29, 1.82) is 0 Å². The molecule has 2 saturated heterocycles. The highest BCUT2D eigenvalue weighted by Gasteiger charge is 2.29.